The summed E-state index contributed by atoms with van der Waals surface area (Å²) in [5.74, 6) is 0.996. The van der Waals surface area contributed by atoms with E-state index in [0.29, 0.717) is 5.25 Å². The van der Waals surface area contributed by atoms with Crippen LogP contribution in [0, 0.1) is 6.92 Å². The van der Waals surface area contributed by atoms with E-state index in [0.717, 1.165) is 16.6 Å². The molecule has 112 valence electrons. The van der Waals surface area contributed by atoms with Crippen LogP contribution in [0.15, 0.2) is 53.0 Å². The summed E-state index contributed by atoms with van der Waals surface area (Å²) < 4.78 is 1.11. The second kappa shape index (κ2) is 8.02. The van der Waals surface area contributed by atoms with Crippen molar-refractivity contribution in [3.05, 3.63) is 69.7 Å². The minimum absolute atomic E-state index is 0.181. The van der Waals surface area contributed by atoms with E-state index in [1.54, 1.807) is 0 Å². The Morgan fingerprint density at radius 3 is 2.48 bits per heavy atom. The molecule has 2 rings (SSSR count). The van der Waals surface area contributed by atoms with Crippen LogP contribution in [0.2, 0.25) is 0 Å². The summed E-state index contributed by atoms with van der Waals surface area (Å²) in [5.41, 5.74) is 10.3. The number of hydrogen-bond acceptors (Lipinski definition) is 2. The Balaban J connectivity index is 2.11. The van der Waals surface area contributed by atoms with E-state index in [-0.39, 0.29) is 6.04 Å². The molecule has 2 atom stereocenters. The Hall–Kier alpha value is -0.770. The van der Waals surface area contributed by atoms with E-state index in [1.807, 2.05) is 11.8 Å². The van der Waals surface area contributed by atoms with Crippen molar-refractivity contribution < 1.29 is 0 Å². The molecule has 0 saturated heterocycles. The molecule has 0 fully saturated rings. The molecule has 0 saturated carbocycles. The maximum atomic E-state index is 6.35. The van der Waals surface area contributed by atoms with Crippen molar-refractivity contribution in [2.24, 2.45) is 5.73 Å². The van der Waals surface area contributed by atoms with E-state index in [1.165, 1.54) is 16.7 Å². The Bertz CT molecular complexity index is 568. The molecule has 2 aromatic carbocycles. The van der Waals surface area contributed by atoms with Gasteiger partial charge in [-0.1, -0.05) is 64.8 Å². The third kappa shape index (κ3) is 4.87. The fourth-order valence-corrected chi connectivity index (χ4v) is 3.93. The Kier molecular flexibility index (Phi) is 6.34. The molecule has 0 aromatic heterocycles. The summed E-state index contributed by atoms with van der Waals surface area (Å²) in [5, 5.41) is 0.337. The standard InChI is InChI=1S/C18H22BrNS/c1-3-17(20)18(15-7-9-16(19)10-8-15)21-12-14-6-4-5-13(2)11-14/h4-11,17-18H,3,12,20H2,1-2H3. The molecule has 1 nitrogen and oxygen atoms in total. The number of benzene rings is 2. The molecule has 0 amide bonds. The van der Waals surface area contributed by atoms with Gasteiger partial charge in [-0.15, -0.1) is 11.8 Å². The van der Waals surface area contributed by atoms with Crippen LogP contribution in [-0.4, -0.2) is 6.04 Å². The molecule has 2 aromatic rings. The van der Waals surface area contributed by atoms with E-state index in [2.05, 4.69) is 78.3 Å². The Morgan fingerprint density at radius 2 is 1.86 bits per heavy atom. The van der Waals surface area contributed by atoms with E-state index >= 15 is 0 Å². The number of nitrogens with two attached hydrogens (primary N) is 1. The lowest BCUT2D eigenvalue weighted by atomic mass is 10.0. The van der Waals surface area contributed by atoms with Crippen LogP contribution in [0.3, 0.4) is 0 Å². The van der Waals surface area contributed by atoms with Gasteiger partial charge in [0, 0.05) is 21.5 Å². The fraction of sp³-hybridized carbons (Fsp3) is 0.333. The normalized spacial score (nSPS) is 13.9. The predicted octanol–water partition coefficient (Wildman–Crippen LogP) is 5.47. The molecular weight excluding hydrogens is 342 g/mol. The minimum atomic E-state index is 0.181. The smallest absolute Gasteiger partial charge is 0.0451 e. The lowest BCUT2D eigenvalue weighted by molar-refractivity contribution is 0.634. The largest absolute Gasteiger partial charge is 0.326 e. The second-order valence-electron chi connectivity index (χ2n) is 5.34. The van der Waals surface area contributed by atoms with Gasteiger partial charge in [-0.2, -0.15) is 0 Å². The highest BCUT2D eigenvalue weighted by Crippen LogP contribution is 2.35. The minimum Gasteiger partial charge on any atom is -0.326 e. The lowest BCUT2D eigenvalue weighted by Gasteiger charge is -2.23. The molecule has 3 heteroatoms. The summed E-state index contributed by atoms with van der Waals surface area (Å²) >= 11 is 5.43. The van der Waals surface area contributed by atoms with Gasteiger partial charge in [-0.3, -0.25) is 0 Å². The molecule has 21 heavy (non-hydrogen) atoms. The zero-order chi connectivity index (χ0) is 15.2. The monoisotopic (exact) mass is 363 g/mol. The van der Waals surface area contributed by atoms with Crippen molar-refractivity contribution in [1.29, 1.82) is 0 Å². The summed E-state index contributed by atoms with van der Waals surface area (Å²) in [6, 6.07) is 17.4. The number of halogens is 1. The van der Waals surface area contributed by atoms with Gasteiger partial charge < -0.3 is 5.73 Å². The van der Waals surface area contributed by atoms with E-state index < -0.39 is 0 Å². The number of rotatable bonds is 6. The summed E-state index contributed by atoms with van der Waals surface area (Å²) in [6.07, 6.45) is 0.988. The van der Waals surface area contributed by atoms with Crippen LogP contribution in [0.1, 0.15) is 35.3 Å². The highest BCUT2D eigenvalue weighted by Gasteiger charge is 2.19. The highest BCUT2D eigenvalue weighted by atomic mass is 79.9. The molecule has 0 radical (unpaired) electrons. The first-order valence-corrected chi connectivity index (χ1v) is 9.12. The topological polar surface area (TPSA) is 26.0 Å². The van der Waals surface area contributed by atoms with Gasteiger partial charge in [0.1, 0.15) is 0 Å². The van der Waals surface area contributed by atoms with Crippen molar-refractivity contribution >= 4 is 27.7 Å². The van der Waals surface area contributed by atoms with Crippen LogP contribution >= 0.6 is 27.7 Å². The number of thioether (sulfide) groups is 1. The van der Waals surface area contributed by atoms with Crippen LogP contribution < -0.4 is 5.73 Å². The van der Waals surface area contributed by atoms with Crippen LogP contribution in [0.4, 0.5) is 0 Å². The molecule has 0 aliphatic heterocycles. The molecule has 2 N–H and O–H groups in total. The van der Waals surface area contributed by atoms with Crippen molar-refractivity contribution in [3.8, 4) is 0 Å². The van der Waals surface area contributed by atoms with E-state index in [4.69, 9.17) is 5.73 Å². The molecule has 2 unspecified atom stereocenters. The highest BCUT2D eigenvalue weighted by molar-refractivity contribution is 9.10. The van der Waals surface area contributed by atoms with Crippen LogP contribution in [-0.2, 0) is 5.75 Å². The maximum Gasteiger partial charge on any atom is 0.0451 e. The second-order valence-corrected chi connectivity index (χ2v) is 7.39. The van der Waals surface area contributed by atoms with Crippen LogP contribution in [0.25, 0.3) is 0 Å². The molecule has 0 aliphatic rings. The zero-order valence-electron chi connectivity index (χ0n) is 12.6. The number of aryl methyl sites for hydroxylation is 1. The quantitative estimate of drug-likeness (QED) is 0.736. The zero-order valence-corrected chi connectivity index (χ0v) is 15.0. The van der Waals surface area contributed by atoms with Gasteiger partial charge in [0.15, 0.2) is 0 Å². The van der Waals surface area contributed by atoms with Crippen molar-refractivity contribution in [2.45, 2.75) is 37.3 Å². The van der Waals surface area contributed by atoms with Crippen LogP contribution in [0.5, 0.6) is 0 Å². The average molecular weight is 364 g/mol. The van der Waals surface area contributed by atoms with Crippen molar-refractivity contribution in [3.63, 3.8) is 0 Å². The summed E-state index contributed by atoms with van der Waals surface area (Å²) in [4.78, 5) is 0. The van der Waals surface area contributed by atoms with Gasteiger partial charge >= 0.3 is 0 Å². The van der Waals surface area contributed by atoms with Crippen molar-refractivity contribution in [2.75, 3.05) is 0 Å². The molecule has 0 heterocycles. The molecule has 0 spiro atoms. The van der Waals surface area contributed by atoms with Gasteiger partial charge in [0.05, 0.1) is 0 Å². The summed E-state index contributed by atoms with van der Waals surface area (Å²) in [6.45, 7) is 4.29. The Morgan fingerprint density at radius 1 is 1.14 bits per heavy atom. The third-order valence-corrected chi connectivity index (χ3v) is 5.58. The first kappa shape index (κ1) is 16.6. The molecule has 0 bridgehead atoms. The fourth-order valence-electron chi connectivity index (χ4n) is 2.32. The maximum absolute atomic E-state index is 6.35. The molecular formula is C18H22BrNS. The van der Waals surface area contributed by atoms with Gasteiger partial charge in [0.25, 0.3) is 0 Å². The van der Waals surface area contributed by atoms with Gasteiger partial charge in [0.2, 0.25) is 0 Å². The SMILES string of the molecule is CCC(N)C(SCc1cccc(C)c1)c1ccc(Br)cc1. The number of hydrogen-bond donors (Lipinski definition) is 1. The van der Waals surface area contributed by atoms with Gasteiger partial charge in [-0.05, 0) is 36.6 Å². The van der Waals surface area contributed by atoms with Crippen molar-refractivity contribution in [1.82, 2.24) is 0 Å². The van der Waals surface area contributed by atoms with Gasteiger partial charge in [-0.25, -0.2) is 0 Å². The summed E-state index contributed by atoms with van der Waals surface area (Å²) in [7, 11) is 0. The molecule has 0 aliphatic carbocycles. The third-order valence-electron chi connectivity index (χ3n) is 3.57. The Labute approximate surface area is 140 Å². The predicted molar refractivity (Wildman–Crippen MR) is 97.6 cm³/mol. The average Bonchev–Trinajstić information content (AvgIpc) is 2.49. The first-order chi connectivity index (χ1) is 10.1. The van der Waals surface area contributed by atoms with E-state index in [9.17, 15) is 0 Å². The lowest BCUT2D eigenvalue weighted by Crippen LogP contribution is -2.25. The first-order valence-electron chi connectivity index (χ1n) is 7.28.